The van der Waals surface area contributed by atoms with Gasteiger partial charge in [0.2, 0.25) is 11.8 Å². The number of hydrogen-bond donors (Lipinski definition) is 2. The fourth-order valence-corrected chi connectivity index (χ4v) is 3.79. The van der Waals surface area contributed by atoms with Crippen molar-refractivity contribution in [3.63, 3.8) is 0 Å². The van der Waals surface area contributed by atoms with Gasteiger partial charge in [-0.15, -0.1) is 0 Å². The van der Waals surface area contributed by atoms with Gasteiger partial charge in [0.15, 0.2) is 5.78 Å². The first-order valence-corrected chi connectivity index (χ1v) is 9.28. The van der Waals surface area contributed by atoms with Gasteiger partial charge < -0.3 is 5.11 Å². The van der Waals surface area contributed by atoms with E-state index in [1.807, 2.05) is 44.2 Å². The van der Waals surface area contributed by atoms with Crippen molar-refractivity contribution in [1.29, 1.82) is 0 Å². The number of rotatable bonds is 4. The normalized spacial score (nSPS) is 25.0. The first-order valence-electron chi connectivity index (χ1n) is 9.28. The van der Waals surface area contributed by atoms with Crippen molar-refractivity contribution in [3.05, 3.63) is 41.7 Å². The molecule has 1 aliphatic carbocycles. The molecule has 0 bridgehead atoms. The van der Waals surface area contributed by atoms with Gasteiger partial charge >= 0.3 is 0 Å². The molecule has 2 N–H and O–H groups in total. The van der Waals surface area contributed by atoms with E-state index in [2.05, 4.69) is 10.3 Å². The van der Waals surface area contributed by atoms with E-state index in [0.29, 0.717) is 24.2 Å². The summed E-state index contributed by atoms with van der Waals surface area (Å²) in [7, 11) is 0. The highest BCUT2D eigenvalue weighted by Crippen LogP contribution is 2.33. The van der Waals surface area contributed by atoms with Crippen LogP contribution in [0.5, 0.6) is 0 Å². The number of piperidine rings is 1. The molecule has 1 heterocycles. The Balaban J connectivity index is 2.01. The van der Waals surface area contributed by atoms with Gasteiger partial charge in [-0.1, -0.05) is 32.0 Å². The van der Waals surface area contributed by atoms with Crippen LogP contribution in [0.25, 0.3) is 0 Å². The second-order valence-corrected chi connectivity index (χ2v) is 7.51. The van der Waals surface area contributed by atoms with E-state index in [4.69, 9.17) is 0 Å². The molecule has 2 aliphatic rings. The van der Waals surface area contributed by atoms with Crippen LogP contribution in [0.1, 0.15) is 39.5 Å². The molecule has 1 saturated heterocycles. The van der Waals surface area contributed by atoms with Crippen LogP contribution in [-0.4, -0.2) is 28.4 Å². The molecule has 6 heteroatoms. The number of nitrogens with zero attached hydrogens (tertiary/aromatic N) is 1. The van der Waals surface area contributed by atoms with Gasteiger partial charge in [0, 0.05) is 24.7 Å². The van der Waals surface area contributed by atoms with Crippen molar-refractivity contribution in [2.45, 2.75) is 39.5 Å². The van der Waals surface area contributed by atoms with Crippen molar-refractivity contribution in [2.24, 2.45) is 22.7 Å². The monoisotopic (exact) mass is 368 g/mol. The van der Waals surface area contributed by atoms with Gasteiger partial charge in [-0.25, -0.2) is 0 Å². The number of carbonyl (C=O) groups excluding carboxylic acids is 3. The van der Waals surface area contributed by atoms with E-state index < -0.39 is 0 Å². The Bertz CT molecular complexity index is 810. The minimum absolute atomic E-state index is 0.0550. The highest BCUT2D eigenvalue weighted by atomic mass is 16.3. The molecule has 1 aliphatic heterocycles. The van der Waals surface area contributed by atoms with Gasteiger partial charge in [-0.05, 0) is 30.9 Å². The maximum Gasteiger partial charge on any atom is 0.226 e. The first kappa shape index (κ1) is 19.0. The predicted molar refractivity (Wildman–Crippen MR) is 102 cm³/mol. The van der Waals surface area contributed by atoms with Gasteiger partial charge in [0.1, 0.15) is 5.76 Å². The average molecular weight is 368 g/mol. The molecule has 142 valence electrons. The lowest BCUT2D eigenvalue weighted by atomic mass is 9.77. The number of allylic oxidation sites excluding steroid dienone is 2. The van der Waals surface area contributed by atoms with Crippen LogP contribution in [0.4, 0.5) is 5.69 Å². The van der Waals surface area contributed by atoms with E-state index in [0.717, 1.165) is 0 Å². The highest BCUT2D eigenvalue weighted by Gasteiger charge is 2.36. The van der Waals surface area contributed by atoms with Gasteiger partial charge in [0.05, 0.1) is 17.0 Å². The smallest absolute Gasteiger partial charge is 0.226 e. The molecule has 6 nitrogen and oxygen atoms in total. The summed E-state index contributed by atoms with van der Waals surface area (Å²) >= 11 is 0. The Kier molecular flexibility index (Phi) is 5.54. The zero-order valence-electron chi connectivity index (χ0n) is 15.6. The number of imide groups is 1. The second kappa shape index (κ2) is 7.86. The number of aliphatic hydroxyl groups is 1. The van der Waals surface area contributed by atoms with Crippen molar-refractivity contribution in [2.75, 3.05) is 0 Å². The Morgan fingerprint density at radius 2 is 1.70 bits per heavy atom. The number of amides is 2. The van der Waals surface area contributed by atoms with Crippen LogP contribution in [0.3, 0.4) is 0 Å². The maximum absolute atomic E-state index is 12.8. The number of nitrogens with one attached hydrogen (secondary N) is 1. The second-order valence-electron chi connectivity index (χ2n) is 7.51. The molecule has 0 radical (unpaired) electrons. The zero-order valence-corrected chi connectivity index (χ0v) is 15.6. The molecule has 2 amide bonds. The van der Waals surface area contributed by atoms with Crippen LogP contribution < -0.4 is 5.32 Å². The number of ketones is 1. The van der Waals surface area contributed by atoms with Crippen LogP contribution in [-0.2, 0) is 14.4 Å². The summed E-state index contributed by atoms with van der Waals surface area (Å²) in [5.74, 6) is -1.29. The molecule has 2 atom stereocenters. The third kappa shape index (κ3) is 4.32. The maximum atomic E-state index is 12.8. The number of hydrogen-bond acceptors (Lipinski definition) is 5. The van der Waals surface area contributed by atoms with Gasteiger partial charge in [0.25, 0.3) is 0 Å². The lowest BCUT2D eigenvalue weighted by Gasteiger charge is -2.28. The summed E-state index contributed by atoms with van der Waals surface area (Å²) in [5.41, 5.74) is 1.37. The number of para-hydroxylation sites is 1. The van der Waals surface area contributed by atoms with Crippen LogP contribution in [0.15, 0.2) is 46.7 Å². The molecule has 27 heavy (non-hydrogen) atoms. The molecule has 3 rings (SSSR count). The summed E-state index contributed by atoms with van der Waals surface area (Å²) in [6.45, 7) is 3.74. The minimum atomic E-state index is -0.315. The Morgan fingerprint density at radius 1 is 1.07 bits per heavy atom. The number of Topliss-reactive ketones (excluding diaryl/α,β-unsaturated/α-hetero) is 1. The summed E-state index contributed by atoms with van der Waals surface area (Å²) in [5, 5.41) is 12.9. The Labute approximate surface area is 158 Å². The Morgan fingerprint density at radius 3 is 2.33 bits per heavy atom. The predicted octanol–water partition coefficient (Wildman–Crippen LogP) is 3.26. The lowest BCUT2D eigenvalue weighted by Crippen LogP contribution is -2.39. The number of carbonyl (C=O) groups is 3. The van der Waals surface area contributed by atoms with E-state index in [-0.39, 0.29) is 59.5 Å². The Hall–Kier alpha value is -2.76. The standard InChI is InChI=1S/C21H24N2O4/c1-12-8-13(2)21(27)19(20(12)26)16(22-15-6-4-3-5-7-15)9-14-10-17(24)23-18(25)11-14/h3-7,12-14,26H,8-11H2,1-2H3,(H,23,24,25). The fourth-order valence-electron chi connectivity index (χ4n) is 3.79. The van der Waals surface area contributed by atoms with Gasteiger partial charge in [-0.2, -0.15) is 0 Å². The molecule has 0 aromatic heterocycles. The van der Waals surface area contributed by atoms with E-state index in [9.17, 15) is 19.5 Å². The van der Waals surface area contributed by atoms with Crippen molar-refractivity contribution >= 4 is 29.0 Å². The molecule has 1 aromatic carbocycles. The molecule has 1 fully saturated rings. The zero-order chi connectivity index (χ0) is 19.6. The fraction of sp³-hybridized carbons (Fsp3) is 0.429. The summed E-state index contributed by atoms with van der Waals surface area (Å²) in [4.78, 5) is 40.9. The van der Waals surface area contributed by atoms with Gasteiger partial charge in [-0.3, -0.25) is 24.7 Å². The van der Waals surface area contributed by atoms with Crippen molar-refractivity contribution in [1.82, 2.24) is 5.32 Å². The van der Waals surface area contributed by atoms with E-state index in [1.54, 1.807) is 0 Å². The molecule has 0 spiro atoms. The largest absolute Gasteiger partial charge is 0.511 e. The van der Waals surface area contributed by atoms with Crippen LogP contribution in [0, 0.1) is 17.8 Å². The summed E-state index contributed by atoms with van der Waals surface area (Å²) in [6, 6.07) is 9.19. The number of aliphatic imine (C=N–C) groups is 1. The topological polar surface area (TPSA) is 95.8 Å². The first-order chi connectivity index (χ1) is 12.8. The molecule has 1 aromatic rings. The van der Waals surface area contributed by atoms with Crippen molar-refractivity contribution < 1.29 is 19.5 Å². The third-order valence-electron chi connectivity index (χ3n) is 5.14. The molecular weight excluding hydrogens is 344 g/mol. The summed E-state index contributed by atoms with van der Waals surface area (Å²) in [6.07, 6.45) is 1.29. The molecule has 2 unspecified atom stereocenters. The lowest BCUT2D eigenvalue weighted by molar-refractivity contribution is -0.134. The van der Waals surface area contributed by atoms with Crippen LogP contribution >= 0.6 is 0 Å². The highest BCUT2D eigenvalue weighted by molar-refractivity contribution is 6.24. The summed E-state index contributed by atoms with van der Waals surface area (Å²) < 4.78 is 0. The van der Waals surface area contributed by atoms with E-state index in [1.165, 1.54) is 0 Å². The quantitative estimate of drug-likeness (QED) is 0.630. The molecule has 0 saturated carbocycles. The van der Waals surface area contributed by atoms with Crippen molar-refractivity contribution in [3.8, 4) is 0 Å². The third-order valence-corrected chi connectivity index (χ3v) is 5.14. The number of aliphatic hydroxyl groups excluding tert-OH is 1. The van der Waals surface area contributed by atoms with E-state index >= 15 is 0 Å². The molecular formula is C21H24N2O4. The number of benzene rings is 1. The van der Waals surface area contributed by atoms with Crippen LogP contribution in [0.2, 0.25) is 0 Å². The average Bonchev–Trinajstić information content (AvgIpc) is 2.60. The minimum Gasteiger partial charge on any atom is -0.511 e. The SMILES string of the molecule is CC1CC(C)C(O)=C(C(CC2CC(=O)NC(=O)C2)=Nc2ccccc2)C1=O.